The summed E-state index contributed by atoms with van der Waals surface area (Å²) in [5.41, 5.74) is 1.69. The van der Waals surface area contributed by atoms with Crippen molar-refractivity contribution in [2.75, 3.05) is 6.61 Å². The molecule has 1 aromatic carbocycles. The Balaban J connectivity index is 1.94. The predicted octanol–water partition coefficient (Wildman–Crippen LogP) is 1.89. The quantitative estimate of drug-likeness (QED) is 0.720. The Morgan fingerprint density at radius 1 is 1.15 bits per heavy atom. The summed E-state index contributed by atoms with van der Waals surface area (Å²) in [6.45, 7) is 6.43. The second kappa shape index (κ2) is 7.93. The summed E-state index contributed by atoms with van der Waals surface area (Å²) in [6, 6.07) is 5.42. The van der Waals surface area contributed by atoms with Crippen LogP contribution in [0.4, 0.5) is 0 Å². The molecule has 0 radical (unpaired) electrons. The maximum atomic E-state index is 12.2. The molecule has 0 saturated heterocycles. The molecule has 1 atom stereocenters. The van der Waals surface area contributed by atoms with Crippen LogP contribution < -0.4 is 10.5 Å². The number of aryl methyl sites for hydroxylation is 2. The highest BCUT2D eigenvalue weighted by Gasteiger charge is 2.21. The molecular formula is C18H22N2O6S. The lowest BCUT2D eigenvalue weighted by atomic mass is 10.1. The lowest BCUT2D eigenvalue weighted by Gasteiger charge is -2.15. The van der Waals surface area contributed by atoms with Crippen molar-refractivity contribution >= 4 is 21.9 Å². The monoisotopic (exact) mass is 394 g/mol. The fourth-order valence-electron chi connectivity index (χ4n) is 2.61. The molecule has 8 nitrogen and oxygen atoms in total. The normalized spacial score (nSPS) is 12.5. The topological polar surface area (TPSA) is 129 Å². The third-order valence-electron chi connectivity index (χ3n) is 4.19. The van der Waals surface area contributed by atoms with Gasteiger partial charge in [0.25, 0.3) is 5.91 Å². The van der Waals surface area contributed by atoms with E-state index < -0.39 is 34.5 Å². The van der Waals surface area contributed by atoms with E-state index in [0.717, 1.165) is 0 Å². The van der Waals surface area contributed by atoms with E-state index in [1.165, 1.54) is 12.1 Å². The second-order valence-electron chi connectivity index (χ2n) is 6.19. The first kappa shape index (κ1) is 20.7. The standard InChI is InChI=1S/C18H22N2O6S/c1-10-12(3)26-13(4)17(10)18(22)25-9-16(21)20-11(2)14-5-7-15(8-6-14)27(19,23)24/h5-8,11H,9H2,1-4H3,(H,20,21)(H2,19,23,24)/t11-/m1/s1. The molecule has 0 aliphatic carbocycles. The smallest absolute Gasteiger partial charge is 0.342 e. The maximum absolute atomic E-state index is 12.2. The van der Waals surface area contributed by atoms with Gasteiger partial charge in [-0.25, -0.2) is 18.4 Å². The molecule has 146 valence electrons. The number of carbonyl (C=O) groups excluding carboxylic acids is 2. The van der Waals surface area contributed by atoms with Crippen LogP contribution in [0.5, 0.6) is 0 Å². The van der Waals surface area contributed by atoms with E-state index in [2.05, 4.69) is 5.32 Å². The van der Waals surface area contributed by atoms with E-state index in [1.54, 1.807) is 39.8 Å². The van der Waals surface area contributed by atoms with Crippen molar-refractivity contribution in [1.29, 1.82) is 0 Å². The highest BCUT2D eigenvalue weighted by atomic mass is 32.2. The molecule has 0 bridgehead atoms. The number of ether oxygens (including phenoxy) is 1. The van der Waals surface area contributed by atoms with Gasteiger partial charge < -0.3 is 14.5 Å². The minimum Gasteiger partial charge on any atom is -0.465 e. The number of sulfonamides is 1. The average molecular weight is 394 g/mol. The van der Waals surface area contributed by atoms with E-state index in [-0.39, 0.29) is 4.90 Å². The van der Waals surface area contributed by atoms with Crippen LogP contribution in [0.3, 0.4) is 0 Å². The summed E-state index contributed by atoms with van der Waals surface area (Å²) < 4.78 is 33.0. The summed E-state index contributed by atoms with van der Waals surface area (Å²) in [5.74, 6) is -0.0387. The Hall–Kier alpha value is -2.65. The third-order valence-corrected chi connectivity index (χ3v) is 5.12. The number of esters is 1. The van der Waals surface area contributed by atoms with Gasteiger partial charge in [-0.2, -0.15) is 0 Å². The molecule has 0 aliphatic rings. The van der Waals surface area contributed by atoms with Crippen molar-refractivity contribution in [3.05, 3.63) is 52.5 Å². The number of rotatable bonds is 6. The average Bonchev–Trinajstić information content (AvgIpc) is 2.84. The van der Waals surface area contributed by atoms with Crippen molar-refractivity contribution in [1.82, 2.24) is 5.32 Å². The summed E-state index contributed by atoms with van der Waals surface area (Å²) in [5, 5.41) is 7.72. The number of furan rings is 1. The van der Waals surface area contributed by atoms with Crippen LogP contribution in [-0.2, 0) is 19.6 Å². The van der Waals surface area contributed by atoms with Crippen LogP contribution in [0.15, 0.2) is 33.6 Å². The van der Waals surface area contributed by atoms with Gasteiger partial charge >= 0.3 is 5.97 Å². The SMILES string of the molecule is Cc1oc(C)c(C(=O)OCC(=O)N[C@H](C)c2ccc(S(N)(=O)=O)cc2)c1C. The molecule has 27 heavy (non-hydrogen) atoms. The van der Waals surface area contributed by atoms with Crippen molar-refractivity contribution < 1.29 is 27.2 Å². The molecular weight excluding hydrogens is 372 g/mol. The van der Waals surface area contributed by atoms with Crippen molar-refractivity contribution in [3.8, 4) is 0 Å². The Labute approximate surface area is 157 Å². The van der Waals surface area contributed by atoms with Gasteiger partial charge in [0.05, 0.1) is 10.9 Å². The largest absolute Gasteiger partial charge is 0.465 e. The predicted molar refractivity (Wildman–Crippen MR) is 97.6 cm³/mol. The Morgan fingerprint density at radius 3 is 2.22 bits per heavy atom. The Morgan fingerprint density at radius 2 is 1.74 bits per heavy atom. The Bertz CT molecular complexity index is 960. The molecule has 0 unspecified atom stereocenters. The number of hydrogen-bond acceptors (Lipinski definition) is 6. The zero-order valence-electron chi connectivity index (χ0n) is 15.5. The van der Waals surface area contributed by atoms with Gasteiger partial charge in [0, 0.05) is 5.56 Å². The lowest BCUT2D eigenvalue weighted by molar-refractivity contribution is -0.124. The first-order chi connectivity index (χ1) is 12.5. The molecule has 0 aliphatic heterocycles. The number of nitrogens with one attached hydrogen (secondary N) is 1. The van der Waals surface area contributed by atoms with E-state index >= 15 is 0 Å². The molecule has 0 fully saturated rings. The number of carbonyl (C=O) groups is 2. The van der Waals surface area contributed by atoms with Crippen LogP contribution >= 0.6 is 0 Å². The zero-order chi connectivity index (χ0) is 20.4. The van der Waals surface area contributed by atoms with Crippen LogP contribution in [0, 0.1) is 20.8 Å². The van der Waals surface area contributed by atoms with E-state index in [1.807, 2.05) is 0 Å². The third kappa shape index (κ3) is 4.95. The maximum Gasteiger partial charge on any atom is 0.342 e. The molecule has 0 spiro atoms. The van der Waals surface area contributed by atoms with Gasteiger partial charge in [-0.05, 0) is 45.4 Å². The van der Waals surface area contributed by atoms with Gasteiger partial charge in [0.1, 0.15) is 17.1 Å². The first-order valence-corrected chi connectivity index (χ1v) is 9.71. The van der Waals surface area contributed by atoms with Gasteiger partial charge in [0.2, 0.25) is 10.0 Å². The van der Waals surface area contributed by atoms with Crippen LogP contribution in [0.2, 0.25) is 0 Å². The fourth-order valence-corrected chi connectivity index (χ4v) is 3.13. The number of primary sulfonamides is 1. The highest BCUT2D eigenvalue weighted by Crippen LogP contribution is 2.21. The highest BCUT2D eigenvalue weighted by molar-refractivity contribution is 7.89. The van der Waals surface area contributed by atoms with E-state index in [4.69, 9.17) is 14.3 Å². The molecule has 1 amide bonds. The van der Waals surface area contributed by atoms with Crippen LogP contribution in [0.25, 0.3) is 0 Å². The van der Waals surface area contributed by atoms with Crippen molar-refractivity contribution in [2.24, 2.45) is 5.14 Å². The number of amides is 1. The molecule has 2 rings (SSSR count). The minimum atomic E-state index is -3.77. The van der Waals surface area contributed by atoms with Gasteiger partial charge in [-0.15, -0.1) is 0 Å². The first-order valence-electron chi connectivity index (χ1n) is 8.16. The van der Waals surface area contributed by atoms with Crippen molar-refractivity contribution in [2.45, 2.75) is 38.6 Å². The molecule has 3 N–H and O–H groups in total. The molecule has 1 heterocycles. The van der Waals surface area contributed by atoms with Gasteiger partial charge in [-0.3, -0.25) is 4.79 Å². The Kier molecular flexibility index (Phi) is 6.07. The van der Waals surface area contributed by atoms with Gasteiger partial charge in [0.15, 0.2) is 6.61 Å². The van der Waals surface area contributed by atoms with Crippen LogP contribution in [0.1, 0.15) is 46.0 Å². The van der Waals surface area contributed by atoms with Crippen molar-refractivity contribution in [3.63, 3.8) is 0 Å². The number of hydrogen-bond donors (Lipinski definition) is 2. The van der Waals surface area contributed by atoms with Crippen LogP contribution in [-0.4, -0.2) is 26.9 Å². The van der Waals surface area contributed by atoms with E-state index in [9.17, 15) is 18.0 Å². The molecule has 1 aromatic heterocycles. The number of nitrogens with two attached hydrogens (primary N) is 1. The summed E-state index contributed by atoms with van der Waals surface area (Å²) in [4.78, 5) is 24.2. The second-order valence-corrected chi connectivity index (χ2v) is 7.76. The lowest BCUT2D eigenvalue weighted by Crippen LogP contribution is -2.31. The minimum absolute atomic E-state index is 0.0140. The summed E-state index contributed by atoms with van der Waals surface area (Å²) in [7, 11) is -3.77. The summed E-state index contributed by atoms with van der Waals surface area (Å²) >= 11 is 0. The summed E-state index contributed by atoms with van der Waals surface area (Å²) in [6.07, 6.45) is 0. The fraction of sp³-hybridized carbons (Fsp3) is 0.333. The molecule has 9 heteroatoms. The van der Waals surface area contributed by atoms with E-state index in [0.29, 0.717) is 28.2 Å². The molecule has 2 aromatic rings. The molecule has 0 saturated carbocycles. The van der Waals surface area contributed by atoms with Gasteiger partial charge in [-0.1, -0.05) is 12.1 Å². The zero-order valence-corrected chi connectivity index (χ0v) is 16.3. The number of benzene rings is 1.